The second kappa shape index (κ2) is 11.9. The van der Waals surface area contributed by atoms with E-state index in [1.165, 1.54) is 42.5 Å². The highest BCUT2D eigenvalue weighted by Crippen LogP contribution is 2.39. The molecule has 0 spiro atoms. The fourth-order valence-corrected chi connectivity index (χ4v) is 4.78. The molecule has 0 heterocycles. The van der Waals surface area contributed by atoms with Gasteiger partial charge in [-0.25, -0.2) is 0 Å². The molecule has 3 aromatic carbocycles. The molecule has 0 aliphatic rings. The number of ether oxygens (including phenoxy) is 1. The van der Waals surface area contributed by atoms with Crippen LogP contribution in [0.2, 0.25) is 5.02 Å². The van der Waals surface area contributed by atoms with Gasteiger partial charge in [0, 0.05) is 12.1 Å². The number of nitrogens with zero attached hydrogens (tertiary/aromatic N) is 2. The van der Waals surface area contributed by atoms with Gasteiger partial charge in [-0.15, -0.1) is 0 Å². The quantitative estimate of drug-likeness (QED) is 0.107. The molecule has 0 unspecified atom stereocenters. The third-order valence-corrected chi connectivity index (χ3v) is 6.80. The molecule has 0 aliphatic heterocycles. The Morgan fingerprint density at radius 1 is 1.22 bits per heavy atom. The van der Waals surface area contributed by atoms with E-state index in [0.717, 1.165) is 6.07 Å². The molecule has 0 aromatic heterocycles. The predicted molar refractivity (Wildman–Crippen MR) is 140 cm³/mol. The number of halogens is 2. The topological polar surface area (TPSA) is 149 Å². The fourth-order valence-electron chi connectivity index (χ4n) is 2.99. The maximum Gasteiger partial charge on any atom is 0.339 e. The number of hydrogen-bond acceptors (Lipinski definition) is 8. The summed E-state index contributed by atoms with van der Waals surface area (Å²) in [6, 6.07) is 15.6. The van der Waals surface area contributed by atoms with Crippen molar-refractivity contribution in [2.75, 3.05) is 11.9 Å². The van der Waals surface area contributed by atoms with Gasteiger partial charge in [-0.1, -0.05) is 29.8 Å². The minimum absolute atomic E-state index is 0.0405. The normalized spacial score (nSPS) is 11.4. The maximum atomic E-state index is 12.7. The summed E-state index contributed by atoms with van der Waals surface area (Å²) in [7, 11) is -4.18. The highest BCUT2D eigenvalue weighted by atomic mass is 79.9. The van der Waals surface area contributed by atoms with Gasteiger partial charge in [0.15, 0.2) is 11.5 Å². The van der Waals surface area contributed by atoms with Crippen molar-refractivity contribution in [1.82, 2.24) is 0 Å². The summed E-state index contributed by atoms with van der Waals surface area (Å²) in [5.41, 5.74) is -0.402. The number of nitro benzene ring substituents is 1. The van der Waals surface area contributed by atoms with Crippen LogP contribution >= 0.6 is 27.5 Å². The van der Waals surface area contributed by atoms with Crippen LogP contribution in [0, 0.1) is 21.4 Å². The first-order chi connectivity index (χ1) is 17.6. The third kappa shape index (κ3) is 6.85. The number of carbonyl (C=O) groups is 1. The van der Waals surface area contributed by atoms with Crippen molar-refractivity contribution in [3.8, 4) is 17.6 Å². The van der Waals surface area contributed by atoms with E-state index in [-0.39, 0.29) is 49.4 Å². The lowest BCUT2D eigenvalue weighted by molar-refractivity contribution is -0.384. The van der Waals surface area contributed by atoms with Crippen LogP contribution < -0.4 is 14.2 Å². The van der Waals surface area contributed by atoms with Crippen molar-refractivity contribution < 1.29 is 27.1 Å². The van der Waals surface area contributed by atoms with Crippen LogP contribution in [-0.4, -0.2) is 25.9 Å². The molecule has 3 rings (SSSR count). The number of benzene rings is 3. The number of hydrogen-bond donors (Lipinski definition) is 1. The Balaban J connectivity index is 1.95. The summed E-state index contributed by atoms with van der Waals surface area (Å²) in [5, 5.41) is 23.0. The van der Waals surface area contributed by atoms with Gasteiger partial charge in [-0.2, -0.15) is 13.7 Å². The number of nitriles is 1. The Bertz CT molecular complexity index is 1540. The monoisotopic (exact) mass is 605 g/mol. The van der Waals surface area contributed by atoms with E-state index in [2.05, 4.69) is 21.2 Å². The van der Waals surface area contributed by atoms with Gasteiger partial charge in [-0.3, -0.25) is 14.9 Å². The van der Waals surface area contributed by atoms with Gasteiger partial charge in [0.05, 0.1) is 26.7 Å². The summed E-state index contributed by atoms with van der Waals surface area (Å²) in [6.07, 6.45) is 1.23. The van der Waals surface area contributed by atoms with E-state index in [1.54, 1.807) is 31.2 Å². The largest absolute Gasteiger partial charge is 0.490 e. The molecule has 37 heavy (non-hydrogen) atoms. The minimum atomic E-state index is -4.18. The Hall–Kier alpha value is -3.92. The second-order valence-corrected chi connectivity index (χ2v) is 9.97. The Morgan fingerprint density at radius 2 is 1.92 bits per heavy atom. The first kappa shape index (κ1) is 27.7. The van der Waals surface area contributed by atoms with Crippen LogP contribution in [0.15, 0.2) is 75.6 Å². The first-order valence-electron chi connectivity index (χ1n) is 10.4. The molecule has 3 aromatic rings. The molecule has 0 atom stereocenters. The van der Waals surface area contributed by atoms with Gasteiger partial charge in [0.25, 0.3) is 11.6 Å². The van der Waals surface area contributed by atoms with E-state index >= 15 is 0 Å². The maximum absolute atomic E-state index is 12.7. The molecule has 0 radical (unpaired) electrons. The molecule has 0 saturated heterocycles. The zero-order valence-corrected chi connectivity index (χ0v) is 22.1. The summed E-state index contributed by atoms with van der Waals surface area (Å²) >= 11 is 9.28. The van der Waals surface area contributed by atoms with Crippen LogP contribution in [0.1, 0.15) is 12.5 Å². The zero-order valence-electron chi connectivity index (χ0n) is 19.0. The molecule has 0 aliphatic carbocycles. The van der Waals surface area contributed by atoms with Crippen molar-refractivity contribution in [2.24, 2.45) is 0 Å². The standard InChI is InChI=1S/C24H17BrClN3O7S/c1-2-35-22-12-15(11-19(25)23(22)36-37(33,34)18-6-4-3-5-7-18)10-16(14-27)24(30)28-21-13-17(29(31)32)8-9-20(21)26/h3-13H,2H2,1H3,(H,28,30)/b16-10+. The van der Waals surface area contributed by atoms with E-state index < -0.39 is 20.9 Å². The Morgan fingerprint density at radius 3 is 2.54 bits per heavy atom. The molecule has 0 fully saturated rings. The number of rotatable bonds is 9. The summed E-state index contributed by atoms with van der Waals surface area (Å²) in [4.78, 5) is 23.0. The average Bonchev–Trinajstić information content (AvgIpc) is 2.86. The van der Waals surface area contributed by atoms with Crippen LogP contribution in [0.5, 0.6) is 11.5 Å². The molecule has 0 bridgehead atoms. The number of anilines is 1. The van der Waals surface area contributed by atoms with E-state index in [4.69, 9.17) is 20.5 Å². The molecule has 190 valence electrons. The second-order valence-electron chi connectivity index (χ2n) is 7.16. The molecular weight excluding hydrogens is 590 g/mol. The van der Waals surface area contributed by atoms with Gasteiger partial charge in [-0.05, 0) is 64.8 Å². The van der Waals surface area contributed by atoms with E-state index in [9.17, 15) is 28.6 Å². The Kier molecular flexibility index (Phi) is 8.88. The predicted octanol–water partition coefficient (Wildman–Crippen LogP) is 5.72. The average molecular weight is 607 g/mol. The smallest absolute Gasteiger partial charge is 0.339 e. The van der Waals surface area contributed by atoms with E-state index in [0.29, 0.717) is 5.56 Å². The molecule has 13 heteroatoms. The van der Waals surface area contributed by atoms with Gasteiger partial charge < -0.3 is 14.2 Å². The number of carbonyl (C=O) groups excluding carboxylic acids is 1. The molecule has 0 saturated carbocycles. The lowest BCUT2D eigenvalue weighted by atomic mass is 10.1. The van der Waals surface area contributed by atoms with Crippen LogP contribution in [-0.2, 0) is 14.9 Å². The zero-order chi connectivity index (χ0) is 27.2. The molecule has 1 amide bonds. The van der Waals surface area contributed by atoms with Crippen LogP contribution in [0.3, 0.4) is 0 Å². The van der Waals surface area contributed by atoms with Gasteiger partial charge in [0.1, 0.15) is 16.5 Å². The number of non-ortho nitro benzene ring substituents is 1. The van der Waals surface area contributed by atoms with Crippen molar-refractivity contribution in [3.05, 3.63) is 91.4 Å². The summed E-state index contributed by atoms with van der Waals surface area (Å²) in [5.74, 6) is -0.942. The van der Waals surface area contributed by atoms with E-state index in [1.807, 2.05) is 0 Å². The van der Waals surface area contributed by atoms with Crippen LogP contribution in [0.4, 0.5) is 11.4 Å². The molecule has 1 N–H and O–H groups in total. The van der Waals surface area contributed by atoms with Crippen molar-refractivity contribution in [1.29, 1.82) is 5.26 Å². The minimum Gasteiger partial charge on any atom is -0.490 e. The first-order valence-corrected chi connectivity index (χ1v) is 13.0. The third-order valence-electron chi connectivity index (χ3n) is 4.64. The fraction of sp³-hybridized carbons (Fsp3) is 0.0833. The van der Waals surface area contributed by atoms with Crippen molar-refractivity contribution in [2.45, 2.75) is 11.8 Å². The molecular formula is C24H17BrClN3O7S. The summed E-state index contributed by atoms with van der Waals surface area (Å²) in [6.45, 7) is 1.85. The summed E-state index contributed by atoms with van der Waals surface area (Å²) < 4.78 is 36.5. The van der Waals surface area contributed by atoms with Crippen molar-refractivity contribution in [3.63, 3.8) is 0 Å². The van der Waals surface area contributed by atoms with Crippen LogP contribution in [0.25, 0.3) is 6.08 Å². The highest BCUT2D eigenvalue weighted by Gasteiger charge is 2.22. The SMILES string of the molecule is CCOc1cc(/C=C(\C#N)C(=O)Nc2cc([N+](=O)[O-])ccc2Cl)cc(Br)c1OS(=O)(=O)c1ccccc1. The lowest BCUT2D eigenvalue weighted by Gasteiger charge is -2.14. The number of nitrogens with one attached hydrogen (secondary N) is 1. The Labute approximate surface area is 225 Å². The highest BCUT2D eigenvalue weighted by molar-refractivity contribution is 9.10. The number of nitro groups is 1. The van der Waals surface area contributed by atoms with Crippen molar-refractivity contribution >= 4 is 61.0 Å². The number of amides is 1. The van der Waals surface area contributed by atoms with Gasteiger partial charge in [0.2, 0.25) is 0 Å². The molecule has 10 nitrogen and oxygen atoms in total. The van der Waals surface area contributed by atoms with Gasteiger partial charge >= 0.3 is 10.1 Å². The lowest BCUT2D eigenvalue weighted by Crippen LogP contribution is -2.14.